The minimum atomic E-state index is 1.00. The van der Waals surface area contributed by atoms with Gasteiger partial charge in [0.05, 0.1) is 0 Å². The molecule has 0 aromatic rings. The van der Waals surface area contributed by atoms with E-state index in [9.17, 15) is 0 Å². The summed E-state index contributed by atoms with van der Waals surface area (Å²) in [5.74, 6) is 0. The van der Waals surface area contributed by atoms with Gasteiger partial charge in [-0.1, -0.05) is 0 Å². The Balaban J connectivity index is 3.20. The Hall–Kier alpha value is 1.08. The molecule has 5 heavy (non-hydrogen) atoms. The van der Waals surface area contributed by atoms with Crippen LogP contribution in [0.4, 0.5) is 0 Å². The molecule has 0 aromatic carbocycles. The zero-order valence-corrected chi connectivity index (χ0v) is 8.34. The second-order valence-corrected chi connectivity index (χ2v) is 3.06. The van der Waals surface area contributed by atoms with Gasteiger partial charge in [-0.2, -0.15) is 0 Å². The molecular formula is C2H3NW2. The Morgan fingerprint density at radius 2 is 2.00 bits per heavy atom. The molecule has 0 bridgehead atoms. The summed E-state index contributed by atoms with van der Waals surface area (Å²) in [6, 6.07) is 0. The first-order chi connectivity index (χ1) is 2.27. The number of rotatable bonds is 1. The first-order valence-corrected chi connectivity index (χ1v) is 4.18. The van der Waals surface area contributed by atoms with E-state index in [4.69, 9.17) is 5.73 Å². The fourth-order valence-electron chi connectivity index (χ4n) is 0. The van der Waals surface area contributed by atoms with Crippen molar-refractivity contribution in [3.63, 3.8) is 0 Å². The fraction of sp³-hybridized carbons (Fsp3) is 0. The molecule has 3 heteroatoms. The van der Waals surface area contributed by atoms with Gasteiger partial charge in [0.25, 0.3) is 0 Å². The van der Waals surface area contributed by atoms with Crippen molar-refractivity contribution in [2.75, 3.05) is 0 Å². The predicted molar refractivity (Wildman–Crippen MR) is 15.3 cm³/mol. The van der Waals surface area contributed by atoms with Crippen LogP contribution in [0.3, 0.4) is 0 Å². The molecule has 0 heterocycles. The molecule has 28 valence electrons. The van der Waals surface area contributed by atoms with E-state index in [0.717, 1.165) is 4.02 Å². The summed E-state index contributed by atoms with van der Waals surface area (Å²) >= 11 is 2.81. The normalized spacial score (nSPS) is 6.60. The van der Waals surface area contributed by atoms with Crippen molar-refractivity contribution in [1.82, 2.24) is 0 Å². The molecule has 0 aliphatic rings. The SMILES string of the molecule is N[C](=[W])[CH]=[W]. The zero-order valence-electron chi connectivity index (χ0n) is 2.47. The van der Waals surface area contributed by atoms with Crippen molar-refractivity contribution < 1.29 is 38.7 Å². The van der Waals surface area contributed by atoms with E-state index in [-0.39, 0.29) is 0 Å². The van der Waals surface area contributed by atoms with Crippen LogP contribution in [-0.2, 0) is 38.7 Å². The Morgan fingerprint density at radius 3 is 2.00 bits per heavy atom. The number of nitrogens with two attached hydrogens (primary N) is 1. The Kier molecular flexibility index (Phi) is 3.98. The van der Waals surface area contributed by atoms with Crippen LogP contribution < -0.4 is 5.73 Å². The van der Waals surface area contributed by atoms with Crippen molar-refractivity contribution in [2.45, 2.75) is 0 Å². The first kappa shape index (κ1) is 6.08. The standard InChI is InChI=1S/C2H3N.2W/c1-2-3;;/h1H,3H2;;. The molecule has 0 aliphatic carbocycles. The van der Waals surface area contributed by atoms with Gasteiger partial charge >= 0.3 is 52.9 Å². The van der Waals surface area contributed by atoms with Gasteiger partial charge in [0, 0.05) is 0 Å². The molecule has 0 unspecified atom stereocenters. The van der Waals surface area contributed by atoms with Gasteiger partial charge in [-0.3, -0.25) is 0 Å². The monoisotopic (exact) mass is 409 g/mol. The van der Waals surface area contributed by atoms with Crippen molar-refractivity contribution in [3.05, 3.63) is 0 Å². The van der Waals surface area contributed by atoms with Crippen molar-refractivity contribution in [1.29, 1.82) is 0 Å². The summed E-state index contributed by atoms with van der Waals surface area (Å²) in [4.78, 5) is 0. The summed E-state index contributed by atoms with van der Waals surface area (Å²) in [6.45, 7) is 0. The van der Waals surface area contributed by atoms with Crippen LogP contribution >= 0.6 is 0 Å². The summed E-state index contributed by atoms with van der Waals surface area (Å²) < 4.78 is 2.98. The molecule has 0 amide bonds. The minimum absolute atomic E-state index is 1.00. The van der Waals surface area contributed by atoms with Crippen LogP contribution in [0, 0.1) is 0 Å². The van der Waals surface area contributed by atoms with E-state index in [1.807, 2.05) is 4.40 Å². The Labute approximate surface area is 52.8 Å². The number of hydrogen-bond donors (Lipinski definition) is 1. The summed E-state index contributed by atoms with van der Waals surface area (Å²) in [5, 5.41) is 0. The van der Waals surface area contributed by atoms with E-state index in [2.05, 4.69) is 0 Å². The average Bonchev–Trinajstić information content (AvgIpc) is 1.38. The number of hydrogen-bond acceptors (Lipinski definition) is 1. The van der Waals surface area contributed by atoms with Crippen molar-refractivity contribution >= 4 is 8.42 Å². The van der Waals surface area contributed by atoms with E-state index in [0.29, 0.717) is 0 Å². The van der Waals surface area contributed by atoms with Gasteiger partial charge in [-0.15, -0.1) is 0 Å². The van der Waals surface area contributed by atoms with Crippen molar-refractivity contribution in [3.8, 4) is 0 Å². The van der Waals surface area contributed by atoms with Crippen LogP contribution in [0.5, 0.6) is 0 Å². The predicted octanol–water partition coefficient (Wildman–Crippen LogP) is -1.03. The Bertz CT molecular complexity index is 58.7. The summed E-state index contributed by atoms with van der Waals surface area (Å²) in [6.07, 6.45) is 0. The van der Waals surface area contributed by atoms with Crippen LogP contribution in [0.15, 0.2) is 0 Å². The molecule has 1 nitrogen and oxygen atoms in total. The molecule has 0 rings (SSSR count). The molecule has 0 saturated carbocycles. The third-order valence-corrected chi connectivity index (χ3v) is 3.78. The average molecular weight is 409 g/mol. The van der Waals surface area contributed by atoms with Crippen LogP contribution in [0.1, 0.15) is 0 Å². The second-order valence-electron chi connectivity index (χ2n) is 0.520. The third kappa shape index (κ3) is 5.08. The molecule has 0 spiro atoms. The molecular weight excluding hydrogens is 406 g/mol. The molecule has 0 atom stereocenters. The van der Waals surface area contributed by atoms with Gasteiger partial charge in [0.1, 0.15) is 0 Å². The van der Waals surface area contributed by atoms with Crippen LogP contribution in [-0.4, -0.2) is 8.42 Å². The van der Waals surface area contributed by atoms with Gasteiger partial charge in [-0.25, -0.2) is 0 Å². The topological polar surface area (TPSA) is 26.0 Å². The molecule has 0 aliphatic heterocycles. The maximum absolute atomic E-state index is 5.21. The van der Waals surface area contributed by atoms with E-state index in [1.165, 1.54) is 38.7 Å². The molecule has 0 fully saturated rings. The molecule has 2 N–H and O–H groups in total. The maximum atomic E-state index is 5.21. The molecule has 0 aromatic heterocycles. The van der Waals surface area contributed by atoms with Crippen LogP contribution in [0.25, 0.3) is 0 Å². The van der Waals surface area contributed by atoms with Crippen molar-refractivity contribution in [2.24, 2.45) is 5.73 Å². The molecule has 0 saturated heterocycles. The first-order valence-electron chi connectivity index (χ1n) is 1.02. The van der Waals surface area contributed by atoms with E-state index in [1.54, 1.807) is 0 Å². The van der Waals surface area contributed by atoms with Gasteiger partial charge < -0.3 is 0 Å². The Morgan fingerprint density at radius 1 is 1.80 bits per heavy atom. The summed E-state index contributed by atoms with van der Waals surface area (Å²) in [7, 11) is 0. The quantitative estimate of drug-likeness (QED) is 0.590. The zero-order chi connectivity index (χ0) is 4.28. The van der Waals surface area contributed by atoms with E-state index < -0.39 is 0 Å². The fourth-order valence-corrected chi connectivity index (χ4v) is 0. The van der Waals surface area contributed by atoms with Gasteiger partial charge in [-0.05, 0) is 0 Å². The summed E-state index contributed by atoms with van der Waals surface area (Å²) in [5.41, 5.74) is 5.21. The van der Waals surface area contributed by atoms with E-state index >= 15 is 0 Å². The van der Waals surface area contributed by atoms with Gasteiger partial charge in [0.2, 0.25) is 0 Å². The van der Waals surface area contributed by atoms with Crippen LogP contribution in [0.2, 0.25) is 0 Å². The second kappa shape index (κ2) is 3.27. The molecule has 0 radical (unpaired) electrons. The third-order valence-electron chi connectivity index (χ3n) is 0.116. The van der Waals surface area contributed by atoms with Gasteiger partial charge in [0.15, 0.2) is 0 Å².